The van der Waals surface area contributed by atoms with Gasteiger partial charge in [0.05, 0.1) is 25.4 Å². The fourth-order valence-electron chi connectivity index (χ4n) is 10.6. The minimum Gasteiger partial charge on any atom is -0.466 e. The lowest BCUT2D eigenvalue weighted by molar-refractivity contribution is -0.143. The largest absolute Gasteiger partial charge is 0.466 e. The Bertz CT molecular complexity index is 1290. The summed E-state index contributed by atoms with van der Waals surface area (Å²) in [6.07, 6.45) is 85.8. The van der Waals surface area contributed by atoms with Gasteiger partial charge in [-0.15, -0.1) is 0 Å². The van der Waals surface area contributed by atoms with E-state index >= 15 is 0 Å². The summed E-state index contributed by atoms with van der Waals surface area (Å²) in [5, 5.41) is 23.2. The van der Waals surface area contributed by atoms with E-state index in [9.17, 15) is 19.8 Å². The molecule has 0 spiro atoms. The lowest BCUT2D eigenvalue weighted by Crippen LogP contribution is -2.45. The van der Waals surface area contributed by atoms with Gasteiger partial charge in [-0.3, -0.25) is 9.59 Å². The van der Waals surface area contributed by atoms with Gasteiger partial charge in [0.25, 0.3) is 0 Å². The lowest BCUT2D eigenvalue weighted by Gasteiger charge is -2.22. The third kappa shape index (κ3) is 62.9. The second-order valence-corrected chi connectivity index (χ2v) is 23.5. The molecule has 0 aromatic rings. The van der Waals surface area contributed by atoms with Crippen molar-refractivity contribution in [2.45, 2.75) is 379 Å². The number of unbranched alkanes of at least 4 members (excludes halogenated alkanes) is 45. The summed E-state index contributed by atoms with van der Waals surface area (Å²) >= 11 is 0. The highest BCUT2D eigenvalue weighted by molar-refractivity contribution is 5.76. The Hall–Kier alpha value is -2.18. The van der Waals surface area contributed by atoms with Gasteiger partial charge in [0, 0.05) is 12.8 Å². The van der Waals surface area contributed by atoms with Gasteiger partial charge in [-0.2, -0.15) is 0 Å². The number of nitrogens with one attached hydrogen (secondary N) is 1. The molecule has 0 radical (unpaired) electrons. The Labute approximate surface area is 480 Å². The molecule has 6 nitrogen and oxygen atoms in total. The molecule has 0 fully saturated rings. The second kappa shape index (κ2) is 66.3. The summed E-state index contributed by atoms with van der Waals surface area (Å²) in [5.41, 5.74) is 0. The Kier molecular flexibility index (Phi) is 64.5. The zero-order valence-electron chi connectivity index (χ0n) is 51.7. The Morgan fingerprint density at radius 1 is 0.364 bits per heavy atom. The van der Waals surface area contributed by atoms with Gasteiger partial charge in [0.2, 0.25) is 5.91 Å². The number of esters is 1. The Morgan fingerprint density at radius 2 is 0.649 bits per heavy atom. The van der Waals surface area contributed by atoms with E-state index in [1.807, 2.05) is 0 Å². The molecule has 0 aliphatic heterocycles. The van der Waals surface area contributed by atoms with Crippen LogP contribution >= 0.6 is 0 Å². The van der Waals surface area contributed by atoms with E-state index < -0.39 is 12.1 Å². The maximum Gasteiger partial charge on any atom is 0.305 e. The molecule has 0 aromatic carbocycles. The summed E-state index contributed by atoms with van der Waals surface area (Å²) in [4.78, 5) is 24.6. The molecule has 0 aliphatic carbocycles. The van der Waals surface area contributed by atoms with Gasteiger partial charge in [-0.1, -0.05) is 313 Å². The number of allylic oxidation sites excluding steroid dienone is 8. The van der Waals surface area contributed by atoms with Crippen LogP contribution in [-0.4, -0.2) is 47.4 Å². The van der Waals surface area contributed by atoms with Gasteiger partial charge in [-0.25, -0.2) is 0 Å². The van der Waals surface area contributed by atoms with Crippen molar-refractivity contribution in [2.75, 3.05) is 13.2 Å². The SMILES string of the molecule is CCCCC/C=C\C/C=C\CCCCCCCCCC(=O)OCCCCCCCCCCC/C=C\C/C=C\CCCCCCCCCCCCCCCCCC(=O)NC(CO)C(O)CCCCCCCCCCCCCC. The fourth-order valence-corrected chi connectivity index (χ4v) is 10.6. The molecular formula is C71H133NO5. The smallest absolute Gasteiger partial charge is 0.305 e. The van der Waals surface area contributed by atoms with Crippen LogP contribution in [0.15, 0.2) is 48.6 Å². The van der Waals surface area contributed by atoms with Gasteiger partial charge in [-0.05, 0) is 89.9 Å². The third-order valence-corrected chi connectivity index (χ3v) is 15.9. The van der Waals surface area contributed by atoms with Crippen molar-refractivity contribution in [3.63, 3.8) is 0 Å². The van der Waals surface area contributed by atoms with Crippen LogP contribution in [0.4, 0.5) is 0 Å². The van der Waals surface area contributed by atoms with Crippen LogP contribution in [0.25, 0.3) is 0 Å². The van der Waals surface area contributed by atoms with Crippen LogP contribution in [0.2, 0.25) is 0 Å². The topological polar surface area (TPSA) is 95.9 Å². The quantitative estimate of drug-likeness (QED) is 0.0320. The van der Waals surface area contributed by atoms with Crippen molar-refractivity contribution in [3.05, 3.63) is 48.6 Å². The first-order chi connectivity index (χ1) is 38.0. The van der Waals surface area contributed by atoms with Crippen LogP contribution in [0.1, 0.15) is 367 Å². The van der Waals surface area contributed by atoms with E-state index in [0.717, 1.165) is 57.8 Å². The summed E-state index contributed by atoms with van der Waals surface area (Å²) in [7, 11) is 0. The first-order valence-corrected chi connectivity index (χ1v) is 34.4. The Morgan fingerprint density at radius 3 is 1.01 bits per heavy atom. The molecule has 6 heteroatoms. The van der Waals surface area contributed by atoms with Crippen molar-refractivity contribution in [1.82, 2.24) is 5.32 Å². The summed E-state index contributed by atoms with van der Waals surface area (Å²) < 4.78 is 5.49. The first-order valence-electron chi connectivity index (χ1n) is 34.4. The maximum absolute atomic E-state index is 12.5. The van der Waals surface area contributed by atoms with Crippen molar-refractivity contribution < 1.29 is 24.5 Å². The summed E-state index contributed by atoms with van der Waals surface area (Å²) in [6, 6.07) is -0.540. The average molecular weight is 1080 g/mol. The highest BCUT2D eigenvalue weighted by Crippen LogP contribution is 2.18. The van der Waals surface area contributed by atoms with Crippen molar-refractivity contribution in [2.24, 2.45) is 0 Å². The molecule has 0 saturated carbocycles. The van der Waals surface area contributed by atoms with E-state index in [0.29, 0.717) is 25.9 Å². The lowest BCUT2D eigenvalue weighted by atomic mass is 10.0. The number of amides is 1. The molecule has 2 atom stereocenters. The van der Waals surface area contributed by atoms with Gasteiger partial charge in [0.1, 0.15) is 0 Å². The number of rotatable bonds is 64. The molecule has 0 rings (SSSR count). The van der Waals surface area contributed by atoms with E-state index in [1.165, 1.54) is 276 Å². The second-order valence-electron chi connectivity index (χ2n) is 23.5. The van der Waals surface area contributed by atoms with Crippen molar-refractivity contribution in [1.29, 1.82) is 0 Å². The van der Waals surface area contributed by atoms with E-state index in [1.54, 1.807) is 0 Å². The molecule has 0 saturated heterocycles. The minimum absolute atomic E-state index is 0.00538. The zero-order valence-corrected chi connectivity index (χ0v) is 51.7. The standard InChI is InChI=1S/C71H133NO5/c1-3-5-7-9-11-13-15-17-18-34-38-41-45-49-53-57-61-65-71(76)77-66-62-58-54-50-46-42-39-36-33-31-29-27-25-23-21-19-20-22-24-26-28-30-32-35-37-40-44-48-52-56-60-64-70(75)72-68(67-73)69(74)63-59-55-51-47-43-16-14-12-10-8-6-4-2/h11,13,17-18,21,23,27,29,68-69,73-74H,3-10,12,14-16,19-20,22,24-26,28,30-67H2,1-2H3,(H,72,75)/b13-11-,18-17-,23-21-,29-27-. The number of aliphatic hydroxyl groups is 2. The van der Waals surface area contributed by atoms with E-state index in [2.05, 4.69) is 67.8 Å². The van der Waals surface area contributed by atoms with Crippen LogP contribution < -0.4 is 5.32 Å². The summed E-state index contributed by atoms with van der Waals surface area (Å²) in [6.45, 7) is 4.93. The molecule has 0 heterocycles. The number of carbonyl (C=O) groups excluding carboxylic acids is 2. The number of hydrogen-bond acceptors (Lipinski definition) is 5. The first kappa shape index (κ1) is 74.8. The molecule has 1 amide bonds. The monoisotopic (exact) mass is 1080 g/mol. The predicted molar refractivity (Wildman–Crippen MR) is 338 cm³/mol. The number of ether oxygens (including phenoxy) is 1. The van der Waals surface area contributed by atoms with Gasteiger partial charge < -0.3 is 20.3 Å². The molecule has 2 unspecified atom stereocenters. The molecule has 3 N–H and O–H groups in total. The van der Waals surface area contributed by atoms with Gasteiger partial charge >= 0.3 is 5.97 Å². The highest BCUT2D eigenvalue weighted by atomic mass is 16.5. The predicted octanol–water partition coefficient (Wildman–Crippen LogP) is 22.1. The van der Waals surface area contributed by atoms with Crippen LogP contribution in [0.3, 0.4) is 0 Å². The normalized spacial score (nSPS) is 12.8. The third-order valence-electron chi connectivity index (χ3n) is 15.9. The van der Waals surface area contributed by atoms with Crippen molar-refractivity contribution >= 4 is 11.9 Å². The molecule has 452 valence electrons. The molecule has 0 aliphatic rings. The number of carbonyl (C=O) groups is 2. The zero-order chi connectivity index (χ0) is 55.7. The fraction of sp³-hybridized carbons (Fsp3) is 0.859. The molecular weight excluding hydrogens is 947 g/mol. The minimum atomic E-state index is -0.663. The molecule has 0 bridgehead atoms. The van der Waals surface area contributed by atoms with E-state index in [4.69, 9.17) is 4.74 Å². The molecule has 0 aromatic heterocycles. The molecule has 77 heavy (non-hydrogen) atoms. The van der Waals surface area contributed by atoms with Crippen LogP contribution in [0.5, 0.6) is 0 Å². The summed E-state index contributed by atoms with van der Waals surface area (Å²) in [5.74, 6) is -0.0285. The highest BCUT2D eigenvalue weighted by Gasteiger charge is 2.20. The maximum atomic E-state index is 12.5. The van der Waals surface area contributed by atoms with Crippen LogP contribution in [-0.2, 0) is 14.3 Å². The Balaban J connectivity index is 3.38. The van der Waals surface area contributed by atoms with Gasteiger partial charge in [0.15, 0.2) is 0 Å². The van der Waals surface area contributed by atoms with Crippen molar-refractivity contribution in [3.8, 4) is 0 Å². The average Bonchev–Trinajstić information content (AvgIpc) is 3.43. The van der Waals surface area contributed by atoms with Crippen LogP contribution in [0, 0.1) is 0 Å². The number of hydrogen-bond donors (Lipinski definition) is 3. The number of aliphatic hydroxyl groups excluding tert-OH is 2. The van der Waals surface area contributed by atoms with E-state index in [-0.39, 0.29) is 18.5 Å².